The molecule has 10 heteroatoms. The Morgan fingerprint density at radius 1 is 1.21 bits per heavy atom. The highest BCUT2D eigenvalue weighted by molar-refractivity contribution is 7.09. The predicted molar refractivity (Wildman–Crippen MR) is 104 cm³/mol. The van der Waals surface area contributed by atoms with Crippen molar-refractivity contribution in [2.75, 3.05) is 0 Å². The topological polar surface area (TPSA) is 112 Å². The molecule has 0 fully saturated rings. The molecule has 0 unspecified atom stereocenters. The molecule has 0 N–H and O–H groups in total. The third kappa shape index (κ3) is 3.97. The number of thiophene rings is 1. The van der Waals surface area contributed by atoms with Gasteiger partial charge in [-0.1, -0.05) is 6.07 Å². The van der Waals surface area contributed by atoms with E-state index in [2.05, 4.69) is 0 Å². The number of fused-ring (bicyclic) bond motifs is 1. The van der Waals surface area contributed by atoms with Crippen molar-refractivity contribution in [1.29, 1.82) is 0 Å². The minimum Gasteiger partial charge on any atom is -0.467 e. The van der Waals surface area contributed by atoms with Crippen molar-refractivity contribution in [2.45, 2.75) is 19.6 Å². The average Bonchev–Trinajstić information content (AvgIpc) is 3.44. The third-order valence-corrected chi connectivity index (χ3v) is 5.22. The minimum absolute atomic E-state index is 0.0628. The molecule has 0 bridgehead atoms. The van der Waals surface area contributed by atoms with Crippen LogP contribution in [0.5, 0.6) is 0 Å². The van der Waals surface area contributed by atoms with Gasteiger partial charge in [-0.15, -0.1) is 11.3 Å². The van der Waals surface area contributed by atoms with Crippen molar-refractivity contribution in [3.63, 3.8) is 0 Å². The van der Waals surface area contributed by atoms with E-state index in [1.54, 1.807) is 17.0 Å². The van der Waals surface area contributed by atoms with Crippen molar-refractivity contribution in [3.8, 4) is 0 Å². The fraction of sp³-hybridized carbons (Fsp3) is 0.158. The maximum atomic E-state index is 13.0. The Labute approximate surface area is 167 Å². The van der Waals surface area contributed by atoms with E-state index in [1.165, 1.54) is 40.4 Å². The molecule has 0 radical (unpaired) electrons. The molecule has 0 aliphatic heterocycles. The van der Waals surface area contributed by atoms with Crippen molar-refractivity contribution < 1.29 is 18.6 Å². The van der Waals surface area contributed by atoms with E-state index >= 15 is 0 Å². The van der Waals surface area contributed by atoms with Gasteiger partial charge in [-0.05, 0) is 29.6 Å². The summed E-state index contributed by atoms with van der Waals surface area (Å²) in [5.74, 6) is -0.434. The lowest BCUT2D eigenvalue weighted by atomic mass is 10.3. The number of hydrogen-bond acceptors (Lipinski definition) is 7. The van der Waals surface area contributed by atoms with Gasteiger partial charge in [0.25, 0.3) is 5.69 Å². The summed E-state index contributed by atoms with van der Waals surface area (Å²) < 4.78 is 11.6. The van der Waals surface area contributed by atoms with Crippen molar-refractivity contribution in [3.05, 3.63) is 85.4 Å². The zero-order valence-corrected chi connectivity index (χ0v) is 15.8. The molecule has 4 aromatic rings. The number of benzene rings is 1. The number of rotatable bonds is 7. The molecule has 4 rings (SSSR count). The number of nitro benzene ring substituents is 1. The summed E-state index contributed by atoms with van der Waals surface area (Å²) in [5, 5.41) is 12.8. The summed E-state index contributed by atoms with van der Waals surface area (Å²) in [6.45, 7) is 0.364. The molecule has 0 aliphatic rings. The average molecular weight is 413 g/mol. The lowest BCUT2D eigenvalue weighted by molar-refractivity contribution is -0.384. The molecule has 3 heterocycles. The largest absolute Gasteiger partial charge is 0.467 e. The van der Waals surface area contributed by atoms with Crippen molar-refractivity contribution >= 4 is 34.0 Å². The molecular formula is C19H15N3O6S. The Morgan fingerprint density at radius 2 is 2.07 bits per heavy atom. The number of amides is 1. The number of nitrogens with zero attached hydrogens (tertiary/aromatic N) is 3. The third-order valence-electron chi connectivity index (χ3n) is 4.36. The molecule has 0 spiro atoms. The second kappa shape index (κ2) is 7.76. The lowest BCUT2D eigenvalue weighted by Gasteiger charge is -2.21. The Bertz CT molecular complexity index is 1170. The van der Waals surface area contributed by atoms with Crippen LogP contribution in [0.1, 0.15) is 10.6 Å². The van der Waals surface area contributed by atoms with Gasteiger partial charge < -0.3 is 13.7 Å². The highest BCUT2D eigenvalue weighted by Crippen LogP contribution is 2.21. The van der Waals surface area contributed by atoms with Crippen LogP contribution in [-0.4, -0.2) is 20.3 Å². The van der Waals surface area contributed by atoms with E-state index < -0.39 is 10.7 Å². The molecule has 3 aromatic heterocycles. The summed E-state index contributed by atoms with van der Waals surface area (Å²) in [7, 11) is 0. The first-order valence-electron chi connectivity index (χ1n) is 8.61. The highest BCUT2D eigenvalue weighted by atomic mass is 32.1. The number of non-ortho nitro benzene ring substituents is 1. The van der Waals surface area contributed by atoms with Crippen LogP contribution in [0.25, 0.3) is 11.1 Å². The summed E-state index contributed by atoms with van der Waals surface area (Å²) >= 11 is 1.52. The predicted octanol–water partition coefficient (Wildman–Crippen LogP) is 3.39. The van der Waals surface area contributed by atoms with E-state index in [1.807, 2.05) is 17.5 Å². The Kier molecular flexibility index (Phi) is 5.00. The van der Waals surface area contributed by atoms with E-state index in [0.29, 0.717) is 17.8 Å². The van der Waals surface area contributed by atoms with Gasteiger partial charge in [0.2, 0.25) is 5.91 Å². The summed E-state index contributed by atoms with van der Waals surface area (Å²) in [5.41, 5.74) is 0.192. The molecular weight excluding hydrogens is 398 g/mol. The minimum atomic E-state index is -0.747. The second-order valence-corrected chi connectivity index (χ2v) is 7.30. The Hall–Kier alpha value is -3.66. The molecule has 1 amide bonds. The number of hydrogen-bond donors (Lipinski definition) is 0. The van der Waals surface area contributed by atoms with Crippen LogP contribution in [0.4, 0.5) is 5.69 Å². The molecule has 1 aromatic carbocycles. The number of aromatic nitrogens is 1. The number of furan rings is 1. The summed E-state index contributed by atoms with van der Waals surface area (Å²) in [4.78, 5) is 38.2. The monoisotopic (exact) mass is 413 g/mol. The van der Waals surface area contributed by atoms with E-state index in [9.17, 15) is 19.7 Å². The maximum Gasteiger partial charge on any atom is 0.420 e. The zero-order chi connectivity index (χ0) is 20.4. The van der Waals surface area contributed by atoms with Gasteiger partial charge >= 0.3 is 5.76 Å². The summed E-state index contributed by atoms with van der Waals surface area (Å²) in [6, 6.07) is 11.2. The second-order valence-electron chi connectivity index (χ2n) is 6.27. The quantitative estimate of drug-likeness (QED) is 0.339. The van der Waals surface area contributed by atoms with Gasteiger partial charge in [-0.3, -0.25) is 19.5 Å². The van der Waals surface area contributed by atoms with Crippen LogP contribution in [-0.2, 0) is 24.4 Å². The van der Waals surface area contributed by atoms with Crippen molar-refractivity contribution in [2.24, 2.45) is 0 Å². The van der Waals surface area contributed by atoms with Gasteiger partial charge in [0.1, 0.15) is 12.3 Å². The number of carbonyl (C=O) groups is 1. The first kappa shape index (κ1) is 18.7. The molecule has 0 saturated carbocycles. The lowest BCUT2D eigenvalue weighted by Crippen LogP contribution is -2.34. The molecule has 148 valence electrons. The molecule has 29 heavy (non-hydrogen) atoms. The van der Waals surface area contributed by atoms with Crippen LogP contribution < -0.4 is 5.76 Å². The number of oxazole rings is 1. The number of nitro groups is 1. The van der Waals surface area contributed by atoms with Crippen LogP contribution in [0.3, 0.4) is 0 Å². The fourth-order valence-corrected chi connectivity index (χ4v) is 3.69. The van der Waals surface area contributed by atoms with Gasteiger partial charge in [0.15, 0.2) is 5.58 Å². The summed E-state index contributed by atoms with van der Waals surface area (Å²) in [6.07, 6.45) is 1.53. The SMILES string of the molecule is O=C(Cn1c(=O)oc2cc([N+](=O)[O-])ccc21)N(Cc1ccco1)Cc1cccs1. The Morgan fingerprint density at radius 3 is 2.76 bits per heavy atom. The van der Waals surface area contributed by atoms with Gasteiger partial charge in [0, 0.05) is 10.9 Å². The van der Waals surface area contributed by atoms with Crippen LogP contribution in [0.2, 0.25) is 0 Å². The van der Waals surface area contributed by atoms with E-state index in [0.717, 1.165) is 4.88 Å². The van der Waals surface area contributed by atoms with Crippen LogP contribution >= 0.6 is 11.3 Å². The van der Waals surface area contributed by atoms with Gasteiger partial charge in [-0.2, -0.15) is 0 Å². The van der Waals surface area contributed by atoms with E-state index in [4.69, 9.17) is 8.83 Å². The van der Waals surface area contributed by atoms with Crippen LogP contribution in [0.15, 0.2) is 67.7 Å². The maximum absolute atomic E-state index is 13.0. The zero-order valence-electron chi connectivity index (χ0n) is 15.0. The molecule has 0 saturated heterocycles. The van der Waals surface area contributed by atoms with E-state index in [-0.39, 0.29) is 30.3 Å². The van der Waals surface area contributed by atoms with Crippen LogP contribution in [0, 0.1) is 10.1 Å². The molecule has 0 aliphatic carbocycles. The van der Waals surface area contributed by atoms with Crippen molar-refractivity contribution in [1.82, 2.24) is 9.47 Å². The van der Waals surface area contributed by atoms with Gasteiger partial charge in [-0.25, -0.2) is 4.79 Å². The van der Waals surface area contributed by atoms with Gasteiger partial charge in [0.05, 0.1) is 35.9 Å². The first-order chi connectivity index (χ1) is 14.0. The number of carbonyl (C=O) groups excluding carboxylic acids is 1. The fourth-order valence-electron chi connectivity index (χ4n) is 2.97. The first-order valence-corrected chi connectivity index (χ1v) is 9.49. The smallest absolute Gasteiger partial charge is 0.420 e. The normalized spacial score (nSPS) is 11.0. The molecule has 9 nitrogen and oxygen atoms in total. The highest BCUT2D eigenvalue weighted by Gasteiger charge is 2.21. The Balaban J connectivity index is 1.62. The molecule has 0 atom stereocenters. The standard InChI is InChI=1S/C19H15N3O6S/c23-18(20(10-14-3-1-7-27-14)11-15-4-2-8-29-15)12-21-16-6-5-13(22(25)26)9-17(16)28-19(21)24/h1-9H,10-12H2.